The van der Waals surface area contributed by atoms with Gasteiger partial charge in [0, 0.05) is 5.39 Å². The van der Waals surface area contributed by atoms with E-state index >= 15 is 0 Å². The first-order valence-corrected chi connectivity index (χ1v) is 6.78. The normalized spacial score (nSPS) is 10.7. The Kier molecular flexibility index (Phi) is 3.54. The molecule has 0 atom stereocenters. The quantitative estimate of drug-likeness (QED) is 0.532. The number of nitrogens with zero attached hydrogens (tertiary/aromatic N) is 2. The second kappa shape index (κ2) is 5.50. The first kappa shape index (κ1) is 13.5. The lowest BCUT2D eigenvalue weighted by molar-refractivity contribution is -0.384. The molecule has 0 fully saturated rings. The topological polar surface area (TPSA) is 56.0 Å². The summed E-state index contributed by atoms with van der Waals surface area (Å²) in [6.07, 6.45) is 1.94. The van der Waals surface area contributed by atoms with Crippen LogP contribution in [0.5, 0.6) is 0 Å². The predicted octanol–water partition coefficient (Wildman–Crippen LogP) is 4.39. The second-order valence-electron chi connectivity index (χ2n) is 4.73. The molecule has 0 amide bonds. The van der Waals surface area contributed by atoms with Crippen molar-refractivity contribution in [1.82, 2.24) is 4.98 Å². The fraction of sp³-hybridized carbons (Fsp3) is 0.0625. The number of benzene rings is 2. The van der Waals surface area contributed by atoms with Gasteiger partial charge in [-0.3, -0.25) is 10.1 Å². The highest BCUT2D eigenvalue weighted by Gasteiger charge is 2.16. The van der Waals surface area contributed by atoms with Crippen LogP contribution in [0, 0.1) is 10.1 Å². The third-order valence-electron chi connectivity index (χ3n) is 3.30. The molecule has 0 N–H and O–H groups in total. The first-order valence-electron chi connectivity index (χ1n) is 6.40. The molecule has 0 aliphatic carbocycles. The van der Waals surface area contributed by atoms with E-state index in [4.69, 9.17) is 11.6 Å². The Labute approximate surface area is 126 Å². The number of hydrogen-bond acceptors (Lipinski definition) is 3. The summed E-state index contributed by atoms with van der Waals surface area (Å²) in [5.41, 5.74) is 2.70. The van der Waals surface area contributed by atoms with Crippen LogP contribution < -0.4 is 0 Å². The van der Waals surface area contributed by atoms with Crippen molar-refractivity contribution >= 4 is 28.2 Å². The summed E-state index contributed by atoms with van der Waals surface area (Å²) in [4.78, 5) is 14.5. The van der Waals surface area contributed by atoms with Crippen LogP contribution in [0.25, 0.3) is 10.9 Å². The van der Waals surface area contributed by atoms with E-state index < -0.39 is 4.92 Å². The molecule has 0 saturated heterocycles. The minimum absolute atomic E-state index is 0.139. The van der Waals surface area contributed by atoms with Gasteiger partial charge < -0.3 is 0 Å². The van der Waals surface area contributed by atoms with Gasteiger partial charge in [-0.25, -0.2) is 4.98 Å². The Morgan fingerprint density at radius 2 is 1.86 bits per heavy atom. The number of aromatic nitrogens is 1. The number of fused-ring (bicyclic) bond motifs is 1. The molecule has 0 unspecified atom stereocenters. The molecule has 0 radical (unpaired) electrons. The SMILES string of the molecule is O=[N+]([O-])c1cnc2ccc(Cc3ccccc3)cc2c1Cl. The van der Waals surface area contributed by atoms with Crippen molar-refractivity contribution in [1.29, 1.82) is 0 Å². The lowest BCUT2D eigenvalue weighted by Crippen LogP contribution is -1.93. The van der Waals surface area contributed by atoms with Crippen molar-refractivity contribution in [2.24, 2.45) is 0 Å². The number of hydrogen-bond donors (Lipinski definition) is 0. The van der Waals surface area contributed by atoms with Crippen LogP contribution in [0.2, 0.25) is 5.02 Å². The van der Waals surface area contributed by atoms with Gasteiger partial charge in [0.2, 0.25) is 0 Å². The molecular weight excluding hydrogens is 288 g/mol. The standard InChI is InChI=1S/C16H11ClN2O2/c17-16-13-9-12(8-11-4-2-1-3-5-11)6-7-14(13)18-10-15(16)19(20)21/h1-7,9-10H,8H2. The van der Waals surface area contributed by atoms with Crippen molar-refractivity contribution in [2.75, 3.05) is 0 Å². The Hall–Kier alpha value is -2.46. The molecule has 1 heterocycles. The Morgan fingerprint density at radius 3 is 2.57 bits per heavy atom. The number of pyridine rings is 1. The van der Waals surface area contributed by atoms with Gasteiger partial charge in [-0.15, -0.1) is 0 Å². The lowest BCUT2D eigenvalue weighted by Gasteiger charge is -2.05. The van der Waals surface area contributed by atoms with Crippen molar-refractivity contribution in [3.05, 3.63) is 81.0 Å². The summed E-state index contributed by atoms with van der Waals surface area (Å²) in [7, 11) is 0. The molecule has 1 aromatic heterocycles. The van der Waals surface area contributed by atoms with Gasteiger partial charge in [-0.2, -0.15) is 0 Å². The maximum Gasteiger partial charge on any atom is 0.306 e. The maximum absolute atomic E-state index is 10.9. The zero-order valence-electron chi connectivity index (χ0n) is 11.0. The summed E-state index contributed by atoms with van der Waals surface area (Å²) in [6, 6.07) is 15.7. The van der Waals surface area contributed by atoms with E-state index in [0.29, 0.717) is 10.9 Å². The fourth-order valence-corrected chi connectivity index (χ4v) is 2.53. The van der Waals surface area contributed by atoms with Gasteiger partial charge in [0.05, 0.1) is 10.4 Å². The predicted molar refractivity (Wildman–Crippen MR) is 82.7 cm³/mol. The molecule has 0 saturated carbocycles. The molecule has 0 bridgehead atoms. The fourth-order valence-electron chi connectivity index (χ4n) is 2.27. The minimum atomic E-state index is -0.515. The van der Waals surface area contributed by atoms with E-state index in [1.807, 2.05) is 48.5 Å². The van der Waals surface area contributed by atoms with Crippen LogP contribution in [-0.2, 0) is 6.42 Å². The Morgan fingerprint density at radius 1 is 1.10 bits per heavy atom. The molecule has 21 heavy (non-hydrogen) atoms. The first-order chi connectivity index (χ1) is 10.1. The third kappa shape index (κ3) is 2.71. The van der Waals surface area contributed by atoms with E-state index in [-0.39, 0.29) is 10.7 Å². The average Bonchev–Trinajstić information content (AvgIpc) is 2.49. The highest BCUT2D eigenvalue weighted by molar-refractivity contribution is 6.37. The molecule has 4 nitrogen and oxygen atoms in total. The summed E-state index contributed by atoms with van der Waals surface area (Å²) >= 11 is 6.13. The van der Waals surface area contributed by atoms with Gasteiger partial charge in [-0.05, 0) is 29.7 Å². The van der Waals surface area contributed by atoms with E-state index in [9.17, 15) is 10.1 Å². The number of nitro groups is 1. The summed E-state index contributed by atoms with van der Waals surface area (Å²) in [6.45, 7) is 0. The molecule has 2 aromatic carbocycles. The number of halogens is 1. The minimum Gasteiger partial charge on any atom is -0.258 e. The summed E-state index contributed by atoms with van der Waals surface area (Å²) < 4.78 is 0. The van der Waals surface area contributed by atoms with Crippen molar-refractivity contribution in [2.45, 2.75) is 6.42 Å². The highest BCUT2D eigenvalue weighted by Crippen LogP contribution is 2.31. The zero-order valence-corrected chi connectivity index (χ0v) is 11.7. The van der Waals surface area contributed by atoms with Crippen LogP contribution in [0.1, 0.15) is 11.1 Å². The van der Waals surface area contributed by atoms with E-state index in [1.54, 1.807) is 0 Å². The van der Waals surface area contributed by atoms with Crippen molar-refractivity contribution in [3.63, 3.8) is 0 Å². The molecule has 0 aliphatic heterocycles. The average molecular weight is 299 g/mol. The lowest BCUT2D eigenvalue weighted by atomic mass is 10.0. The van der Waals surface area contributed by atoms with Gasteiger partial charge in [0.1, 0.15) is 11.2 Å². The Balaban J connectivity index is 2.06. The highest BCUT2D eigenvalue weighted by atomic mass is 35.5. The van der Waals surface area contributed by atoms with Gasteiger partial charge >= 0.3 is 5.69 Å². The van der Waals surface area contributed by atoms with E-state index in [2.05, 4.69) is 4.98 Å². The van der Waals surface area contributed by atoms with E-state index in [0.717, 1.165) is 12.0 Å². The largest absolute Gasteiger partial charge is 0.306 e. The van der Waals surface area contributed by atoms with Crippen molar-refractivity contribution in [3.8, 4) is 0 Å². The summed E-state index contributed by atoms with van der Waals surface area (Å²) in [5, 5.41) is 11.7. The van der Waals surface area contributed by atoms with Crippen LogP contribution in [0.15, 0.2) is 54.7 Å². The molecule has 104 valence electrons. The van der Waals surface area contributed by atoms with Crippen LogP contribution in [-0.4, -0.2) is 9.91 Å². The second-order valence-corrected chi connectivity index (χ2v) is 5.11. The Bertz CT molecular complexity index is 819. The van der Waals surface area contributed by atoms with Crippen LogP contribution >= 0.6 is 11.6 Å². The van der Waals surface area contributed by atoms with Crippen LogP contribution in [0.4, 0.5) is 5.69 Å². The van der Waals surface area contributed by atoms with Gasteiger partial charge in [0.15, 0.2) is 0 Å². The molecular formula is C16H11ClN2O2. The monoisotopic (exact) mass is 298 g/mol. The molecule has 5 heteroatoms. The third-order valence-corrected chi connectivity index (χ3v) is 3.69. The van der Waals surface area contributed by atoms with Crippen LogP contribution in [0.3, 0.4) is 0 Å². The van der Waals surface area contributed by atoms with Gasteiger partial charge in [-0.1, -0.05) is 48.0 Å². The molecule has 3 aromatic rings. The smallest absolute Gasteiger partial charge is 0.258 e. The van der Waals surface area contributed by atoms with Gasteiger partial charge in [0.25, 0.3) is 0 Å². The van der Waals surface area contributed by atoms with Crippen molar-refractivity contribution < 1.29 is 4.92 Å². The summed E-state index contributed by atoms with van der Waals surface area (Å²) in [5.74, 6) is 0. The maximum atomic E-state index is 10.9. The molecule has 0 spiro atoms. The number of rotatable bonds is 3. The molecule has 0 aliphatic rings. The van der Waals surface area contributed by atoms with E-state index in [1.165, 1.54) is 11.8 Å². The zero-order chi connectivity index (χ0) is 14.8. The molecule has 3 rings (SSSR count).